The molecular formula is C16H22SSe. The van der Waals surface area contributed by atoms with Gasteiger partial charge in [-0.25, -0.2) is 0 Å². The van der Waals surface area contributed by atoms with Crippen molar-refractivity contribution in [3.05, 3.63) is 48.0 Å². The number of hydrogen-bond acceptors (Lipinski definition) is 1. The van der Waals surface area contributed by atoms with Crippen molar-refractivity contribution in [2.45, 2.75) is 33.1 Å². The zero-order chi connectivity index (χ0) is 13.5. The van der Waals surface area contributed by atoms with Crippen LogP contribution in [0.2, 0.25) is 0 Å². The summed E-state index contributed by atoms with van der Waals surface area (Å²) in [7, 11) is 0. The quantitative estimate of drug-likeness (QED) is 0.528. The monoisotopic (exact) mass is 326 g/mol. The second-order valence-corrected chi connectivity index (χ2v) is 7.72. The van der Waals surface area contributed by atoms with Crippen LogP contribution in [0.15, 0.2) is 42.5 Å². The van der Waals surface area contributed by atoms with Crippen LogP contribution in [0.25, 0.3) is 0 Å². The third-order valence-corrected chi connectivity index (χ3v) is 5.34. The SMILES string of the molecule is C=C(C)CC(C(=[Se])SCC(C)C)c1ccccc1. The maximum absolute atomic E-state index is 4.06. The van der Waals surface area contributed by atoms with Gasteiger partial charge in [0.15, 0.2) is 0 Å². The molecule has 0 aliphatic rings. The van der Waals surface area contributed by atoms with E-state index in [1.165, 1.54) is 20.6 Å². The number of hydrogen-bond donors (Lipinski definition) is 0. The van der Waals surface area contributed by atoms with Crippen molar-refractivity contribution in [1.82, 2.24) is 0 Å². The van der Waals surface area contributed by atoms with Gasteiger partial charge in [0.05, 0.1) is 0 Å². The van der Waals surface area contributed by atoms with Gasteiger partial charge in [0.25, 0.3) is 0 Å². The van der Waals surface area contributed by atoms with Crippen LogP contribution in [0.5, 0.6) is 0 Å². The first-order valence-electron chi connectivity index (χ1n) is 6.36. The molecule has 0 aliphatic carbocycles. The first kappa shape index (κ1) is 15.8. The summed E-state index contributed by atoms with van der Waals surface area (Å²) >= 11 is 5.22. The van der Waals surface area contributed by atoms with E-state index in [2.05, 4.69) is 73.3 Å². The van der Waals surface area contributed by atoms with Gasteiger partial charge in [0.2, 0.25) is 0 Å². The summed E-state index contributed by atoms with van der Waals surface area (Å²) in [5.41, 5.74) is 2.62. The minimum absolute atomic E-state index is 0.451. The van der Waals surface area contributed by atoms with Crippen LogP contribution in [0.4, 0.5) is 0 Å². The minimum atomic E-state index is 0.451. The Kier molecular flexibility index (Phi) is 6.99. The second-order valence-electron chi connectivity index (χ2n) is 5.15. The van der Waals surface area contributed by atoms with Crippen LogP contribution in [0, 0.1) is 5.92 Å². The van der Waals surface area contributed by atoms with E-state index in [9.17, 15) is 0 Å². The Morgan fingerprint density at radius 2 is 1.89 bits per heavy atom. The number of rotatable bonds is 7. The molecule has 0 nitrogen and oxygen atoms in total. The molecule has 0 saturated heterocycles. The first-order chi connectivity index (χ1) is 8.50. The summed E-state index contributed by atoms with van der Waals surface area (Å²) < 4.78 is 1.39. The van der Waals surface area contributed by atoms with E-state index in [0.29, 0.717) is 5.92 Å². The van der Waals surface area contributed by atoms with Gasteiger partial charge in [0, 0.05) is 0 Å². The van der Waals surface area contributed by atoms with E-state index < -0.39 is 0 Å². The number of allylic oxidation sites excluding steroid dienone is 1. The van der Waals surface area contributed by atoms with Gasteiger partial charge in [0.1, 0.15) is 0 Å². The molecule has 1 rings (SSSR count). The molecule has 1 aromatic rings. The maximum atomic E-state index is 4.06. The third kappa shape index (κ3) is 5.56. The van der Waals surface area contributed by atoms with Crippen LogP contribution in [-0.2, 0) is 0 Å². The van der Waals surface area contributed by atoms with Crippen molar-refractivity contribution in [3.8, 4) is 0 Å². The summed E-state index contributed by atoms with van der Waals surface area (Å²) in [5, 5.41) is 0. The van der Waals surface area contributed by atoms with Crippen molar-refractivity contribution < 1.29 is 0 Å². The molecule has 0 fully saturated rings. The molecule has 0 aliphatic heterocycles. The predicted octanol–water partition coefficient (Wildman–Crippen LogP) is 4.42. The second kappa shape index (κ2) is 7.99. The molecule has 0 saturated carbocycles. The van der Waals surface area contributed by atoms with Crippen LogP contribution in [0.1, 0.15) is 38.7 Å². The Morgan fingerprint density at radius 3 is 2.39 bits per heavy atom. The molecule has 98 valence electrons. The Bertz CT molecular complexity index is 395. The zero-order valence-electron chi connectivity index (χ0n) is 11.5. The van der Waals surface area contributed by atoms with Crippen molar-refractivity contribution in [1.29, 1.82) is 0 Å². The van der Waals surface area contributed by atoms with E-state index in [0.717, 1.165) is 12.3 Å². The van der Waals surface area contributed by atoms with E-state index in [-0.39, 0.29) is 0 Å². The van der Waals surface area contributed by atoms with Crippen LogP contribution < -0.4 is 0 Å². The first-order valence-corrected chi connectivity index (χ1v) is 8.21. The molecule has 0 aromatic heterocycles. The molecule has 2 heteroatoms. The molecule has 0 spiro atoms. The number of thioether (sulfide) groups is 1. The van der Waals surface area contributed by atoms with Gasteiger partial charge < -0.3 is 0 Å². The number of benzene rings is 1. The molecule has 0 amide bonds. The van der Waals surface area contributed by atoms with E-state index in [4.69, 9.17) is 0 Å². The molecule has 1 aromatic carbocycles. The molecule has 0 radical (unpaired) electrons. The topological polar surface area (TPSA) is 0 Å². The van der Waals surface area contributed by atoms with Crippen molar-refractivity contribution in [3.63, 3.8) is 0 Å². The normalized spacial score (nSPS) is 12.4. The molecule has 18 heavy (non-hydrogen) atoms. The molecular weight excluding hydrogens is 303 g/mol. The Labute approximate surface area is 124 Å². The Balaban J connectivity index is 2.78. The zero-order valence-corrected chi connectivity index (χ0v) is 14.0. The third-order valence-electron chi connectivity index (χ3n) is 2.60. The molecule has 0 N–H and O–H groups in total. The summed E-state index contributed by atoms with van der Waals surface area (Å²) in [6, 6.07) is 10.7. The molecule has 1 unspecified atom stereocenters. The van der Waals surface area contributed by atoms with Crippen LogP contribution in [0.3, 0.4) is 0 Å². The summed E-state index contributed by atoms with van der Waals surface area (Å²) in [6.45, 7) is 10.7. The molecule has 1 atom stereocenters. The van der Waals surface area contributed by atoms with Gasteiger partial charge in [-0.05, 0) is 0 Å². The van der Waals surface area contributed by atoms with Crippen molar-refractivity contribution in [2.75, 3.05) is 5.75 Å². The Morgan fingerprint density at radius 1 is 1.28 bits per heavy atom. The summed E-state index contributed by atoms with van der Waals surface area (Å²) in [5.74, 6) is 2.34. The van der Waals surface area contributed by atoms with E-state index in [1.54, 1.807) is 0 Å². The van der Waals surface area contributed by atoms with E-state index >= 15 is 0 Å². The fourth-order valence-electron chi connectivity index (χ4n) is 1.72. The summed E-state index contributed by atoms with van der Waals surface area (Å²) in [4.78, 5) is 0. The van der Waals surface area contributed by atoms with Gasteiger partial charge in [-0.2, -0.15) is 0 Å². The van der Waals surface area contributed by atoms with Crippen molar-refractivity contribution in [2.24, 2.45) is 5.92 Å². The van der Waals surface area contributed by atoms with E-state index in [1.807, 2.05) is 11.8 Å². The van der Waals surface area contributed by atoms with Gasteiger partial charge >= 0.3 is 124 Å². The standard InChI is InChI=1S/C16H22SSe/c1-12(2)10-15(14-8-6-5-7-9-14)16(18)17-11-13(3)4/h5-9,13,15H,1,10-11H2,2-4H3. The van der Waals surface area contributed by atoms with Gasteiger partial charge in [-0.1, -0.05) is 0 Å². The van der Waals surface area contributed by atoms with Crippen LogP contribution in [-0.4, -0.2) is 25.1 Å². The predicted molar refractivity (Wildman–Crippen MR) is 86.7 cm³/mol. The van der Waals surface area contributed by atoms with Gasteiger partial charge in [-0.15, -0.1) is 0 Å². The van der Waals surface area contributed by atoms with Crippen molar-refractivity contribution >= 4 is 31.1 Å². The van der Waals surface area contributed by atoms with Crippen LogP contribution >= 0.6 is 11.8 Å². The molecule has 0 bridgehead atoms. The molecule has 0 heterocycles. The van der Waals surface area contributed by atoms with Gasteiger partial charge in [-0.3, -0.25) is 0 Å². The Hall–Kier alpha value is -0.301. The fourth-order valence-corrected chi connectivity index (χ4v) is 3.53. The average Bonchev–Trinajstić information content (AvgIpc) is 2.34. The summed E-state index contributed by atoms with van der Waals surface area (Å²) in [6.07, 6.45) is 1.03. The fraction of sp³-hybridized carbons (Fsp3) is 0.438. The average molecular weight is 325 g/mol.